The summed E-state index contributed by atoms with van der Waals surface area (Å²) in [5.74, 6) is 0.0484. The fraction of sp³-hybridized carbons (Fsp3) is 0.333. The lowest BCUT2D eigenvalue weighted by molar-refractivity contribution is -0.130. The summed E-state index contributed by atoms with van der Waals surface area (Å²) < 4.78 is 4.92. The van der Waals surface area contributed by atoms with Gasteiger partial charge in [0.2, 0.25) is 11.8 Å². The molecule has 0 saturated carbocycles. The molecule has 7 heteroatoms. The van der Waals surface area contributed by atoms with Crippen molar-refractivity contribution < 1.29 is 14.3 Å². The first kappa shape index (κ1) is 13.0. The molecule has 1 aromatic rings. The van der Waals surface area contributed by atoms with Crippen molar-refractivity contribution in [2.45, 2.75) is 12.8 Å². The number of hydrogen-bond acceptors (Lipinski definition) is 5. The van der Waals surface area contributed by atoms with Crippen molar-refractivity contribution in [3.63, 3.8) is 0 Å². The SMILES string of the molecule is COc1ccc(NC(=O)C2=NN(C)C(=O)CC2)cn1. The van der Waals surface area contributed by atoms with Gasteiger partial charge in [0.15, 0.2) is 0 Å². The maximum Gasteiger partial charge on any atom is 0.271 e. The molecule has 0 radical (unpaired) electrons. The number of nitrogens with zero attached hydrogens (tertiary/aromatic N) is 3. The number of amides is 2. The van der Waals surface area contributed by atoms with Gasteiger partial charge in [0.05, 0.1) is 19.0 Å². The van der Waals surface area contributed by atoms with Crippen LogP contribution in [0.3, 0.4) is 0 Å². The minimum Gasteiger partial charge on any atom is -0.481 e. The first-order chi connectivity index (χ1) is 9.10. The summed E-state index contributed by atoms with van der Waals surface area (Å²) in [6.07, 6.45) is 2.14. The molecule has 1 aromatic heterocycles. The zero-order chi connectivity index (χ0) is 13.8. The summed E-state index contributed by atoms with van der Waals surface area (Å²) in [5.41, 5.74) is 0.881. The van der Waals surface area contributed by atoms with Crippen molar-refractivity contribution in [3.05, 3.63) is 18.3 Å². The van der Waals surface area contributed by atoms with E-state index < -0.39 is 0 Å². The number of hydrogen-bond donors (Lipinski definition) is 1. The quantitative estimate of drug-likeness (QED) is 0.866. The van der Waals surface area contributed by atoms with E-state index in [4.69, 9.17) is 4.74 Å². The predicted molar refractivity (Wildman–Crippen MR) is 68.9 cm³/mol. The Morgan fingerprint density at radius 2 is 2.21 bits per heavy atom. The van der Waals surface area contributed by atoms with Gasteiger partial charge in [-0.2, -0.15) is 5.10 Å². The van der Waals surface area contributed by atoms with E-state index >= 15 is 0 Å². The van der Waals surface area contributed by atoms with Gasteiger partial charge in [-0.25, -0.2) is 9.99 Å². The molecule has 0 aromatic carbocycles. The Bertz CT molecular complexity index is 524. The highest BCUT2D eigenvalue weighted by molar-refractivity contribution is 6.43. The second-order valence-corrected chi connectivity index (χ2v) is 4.01. The number of hydrazone groups is 1. The zero-order valence-corrected chi connectivity index (χ0v) is 10.7. The second kappa shape index (κ2) is 5.47. The first-order valence-electron chi connectivity index (χ1n) is 5.75. The highest BCUT2D eigenvalue weighted by atomic mass is 16.5. The number of pyridine rings is 1. The van der Waals surface area contributed by atoms with Gasteiger partial charge < -0.3 is 10.1 Å². The summed E-state index contributed by atoms with van der Waals surface area (Å²) in [4.78, 5) is 27.2. The lowest BCUT2D eigenvalue weighted by atomic mass is 10.1. The normalized spacial score (nSPS) is 14.9. The molecule has 0 spiro atoms. The van der Waals surface area contributed by atoms with Crippen LogP contribution in [0.25, 0.3) is 0 Å². The zero-order valence-electron chi connectivity index (χ0n) is 10.7. The maximum atomic E-state index is 11.9. The van der Waals surface area contributed by atoms with Crippen LogP contribution in [-0.4, -0.2) is 41.7 Å². The molecule has 100 valence electrons. The number of nitrogens with one attached hydrogen (secondary N) is 1. The molecule has 1 aliphatic heterocycles. The van der Waals surface area contributed by atoms with Crippen LogP contribution in [0.2, 0.25) is 0 Å². The van der Waals surface area contributed by atoms with E-state index in [1.165, 1.54) is 25.4 Å². The van der Waals surface area contributed by atoms with Crippen LogP contribution < -0.4 is 10.1 Å². The minimum atomic E-state index is -0.327. The van der Waals surface area contributed by atoms with Crippen LogP contribution in [0, 0.1) is 0 Å². The second-order valence-electron chi connectivity index (χ2n) is 4.01. The average molecular weight is 262 g/mol. The number of ether oxygens (including phenoxy) is 1. The Morgan fingerprint density at radius 3 is 2.79 bits per heavy atom. The van der Waals surface area contributed by atoms with E-state index in [1.807, 2.05) is 0 Å². The molecule has 7 nitrogen and oxygen atoms in total. The van der Waals surface area contributed by atoms with Crippen LogP contribution in [0.5, 0.6) is 5.88 Å². The van der Waals surface area contributed by atoms with Crippen molar-refractivity contribution in [3.8, 4) is 5.88 Å². The maximum absolute atomic E-state index is 11.9. The number of anilines is 1. The minimum absolute atomic E-state index is 0.0948. The van der Waals surface area contributed by atoms with Gasteiger partial charge in [-0.15, -0.1) is 0 Å². The van der Waals surface area contributed by atoms with Crippen molar-refractivity contribution in [2.75, 3.05) is 19.5 Å². The topological polar surface area (TPSA) is 83.9 Å². The summed E-state index contributed by atoms with van der Waals surface area (Å²) in [7, 11) is 3.05. The van der Waals surface area contributed by atoms with Gasteiger partial charge in [-0.05, 0) is 6.07 Å². The molecule has 2 rings (SSSR count). The standard InChI is InChI=1S/C12H14N4O3/c1-16-11(17)6-4-9(15-16)12(18)14-8-3-5-10(19-2)13-7-8/h3,5,7H,4,6H2,1-2H3,(H,14,18). The summed E-state index contributed by atoms with van der Waals surface area (Å²) >= 11 is 0. The number of carbonyl (C=O) groups excluding carboxylic acids is 2. The molecule has 1 aliphatic rings. The van der Waals surface area contributed by atoms with E-state index in [9.17, 15) is 9.59 Å². The third kappa shape index (κ3) is 3.06. The molecule has 2 heterocycles. The van der Waals surface area contributed by atoms with E-state index in [0.29, 0.717) is 30.1 Å². The summed E-state index contributed by atoms with van der Waals surface area (Å²) in [6.45, 7) is 0. The van der Waals surface area contributed by atoms with E-state index in [2.05, 4.69) is 15.4 Å². The lowest BCUT2D eigenvalue weighted by Gasteiger charge is -2.18. The average Bonchev–Trinajstić information content (AvgIpc) is 2.42. The van der Waals surface area contributed by atoms with Gasteiger partial charge in [0, 0.05) is 26.0 Å². The largest absolute Gasteiger partial charge is 0.481 e. The molecule has 0 aliphatic carbocycles. The number of carbonyl (C=O) groups is 2. The molecular weight excluding hydrogens is 248 g/mol. The molecule has 0 fully saturated rings. The van der Waals surface area contributed by atoms with E-state index in [-0.39, 0.29) is 11.8 Å². The lowest BCUT2D eigenvalue weighted by Crippen LogP contribution is -2.34. The van der Waals surface area contributed by atoms with Crippen LogP contribution in [0.1, 0.15) is 12.8 Å². The fourth-order valence-electron chi connectivity index (χ4n) is 1.61. The molecule has 1 N–H and O–H groups in total. The van der Waals surface area contributed by atoms with Gasteiger partial charge >= 0.3 is 0 Å². The monoisotopic (exact) mass is 262 g/mol. The summed E-state index contributed by atoms with van der Waals surface area (Å²) in [6, 6.07) is 3.33. The molecule has 0 unspecified atom stereocenters. The Hall–Kier alpha value is -2.44. The summed E-state index contributed by atoms with van der Waals surface area (Å²) in [5, 5.41) is 7.79. The van der Waals surface area contributed by atoms with Crippen LogP contribution >= 0.6 is 0 Å². The van der Waals surface area contributed by atoms with Gasteiger partial charge in [0.1, 0.15) is 5.71 Å². The van der Waals surface area contributed by atoms with Crippen molar-refractivity contribution in [2.24, 2.45) is 5.10 Å². The fourth-order valence-corrected chi connectivity index (χ4v) is 1.61. The number of rotatable bonds is 3. The van der Waals surface area contributed by atoms with Crippen LogP contribution in [0.4, 0.5) is 5.69 Å². The Morgan fingerprint density at radius 1 is 1.42 bits per heavy atom. The Balaban J connectivity index is 2.04. The third-order valence-corrected chi connectivity index (χ3v) is 2.67. The number of methoxy groups -OCH3 is 1. The smallest absolute Gasteiger partial charge is 0.271 e. The van der Waals surface area contributed by atoms with Crippen LogP contribution in [0.15, 0.2) is 23.4 Å². The first-order valence-corrected chi connectivity index (χ1v) is 5.75. The Kier molecular flexibility index (Phi) is 3.74. The van der Waals surface area contributed by atoms with Crippen molar-refractivity contribution >= 4 is 23.2 Å². The van der Waals surface area contributed by atoms with Crippen LogP contribution in [-0.2, 0) is 9.59 Å². The molecular formula is C12H14N4O3. The van der Waals surface area contributed by atoms with Gasteiger partial charge in [-0.3, -0.25) is 9.59 Å². The van der Waals surface area contributed by atoms with E-state index in [1.54, 1.807) is 12.1 Å². The van der Waals surface area contributed by atoms with Gasteiger partial charge in [0.25, 0.3) is 5.91 Å². The van der Waals surface area contributed by atoms with Gasteiger partial charge in [-0.1, -0.05) is 0 Å². The highest BCUT2D eigenvalue weighted by Crippen LogP contribution is 2.13. The molecule has 0 atom stereocenters. The molecule has 19 heavy (non-hydrogen) atoms. The highest BCUT2D eigenvalue weighted by Gasteiger charge is 2.21. The van der Waals surface area contributed by atoms with Crippen molar-refractivity contribution in [1.29, 1.82) is 0 Å². The predicted octanol–water partition coefficient (Wildman–Crippen LogP) is 0.637. The molecule has 0 bridgehead atoms. The Labute approximate surface area is 110 Å². The molecule has 0 saturated heterocycles. The van der Waals surface area contributed by atoms with Crippen molar-refractivity contribution in [1.82, 2.24) is 9.99 Å². The van der Waals surface area contributed by atoms with E-state index in [0.717, 1.165) is 0 Å². The molecule has 2 amide bonds. The third-order valence-electron chi connectivity index (χ3n) is 2.67. The number of aromatic nitrogens is 1.